The number of hydrogen-bond donors (Lipinski definition) is 0. The summed E-state index contributed by atoms with van der Waals surface area (Å²) in [5.74, 6) is -1.40. The van der Waals surface area contributed by atoms with Crippen molar-refractivity contribution in [3.8, 4) is 0 Å². The summed E-state index contributed by atoms with van der Waals surface area (Å²) in [6.07, 6.45) is 7.04. The minimum Gasteiger partial charge on any atom is -0.545 e. The first-order valence-electron chi connectivity index (χ1n) is 7.03. The maximum Gasteiger partial charge on any atom is 0.198 e. The molecule has 20 heavy (non-hydrogen) atoms. The number of carbonyl (C=O) groups excluding carboxylic acids is 1. The number of benzene rings is 1. The molecule has 0 amide bonds. The molecular weight excluding hydrogens is 254 g/mol. The molecule has 1 aliphatic rings. The van der Waals surface area contributed by atoms with Crippen LogP contribution in [0.15, 0.2) is 35.3 Å². The van der Waals surface area contributed by atoms with Gasteiger partial charge in [-0.1, -0.05) is 31.4 Å². The van der Waals surface area contributed by atoms with Crippen LogP contribution in [0.4, 0.5) is 0 Å². The van der Waals surface area contributed by atoms with E-state index >= 15 is 0 Å². The lowest BCUT2D eigenvalue weighted by molar-refractivity contribution is -0.255. The molecule has 104 valence electrons. The molecule has 0 atom stereocenters. The molecule has 0 saturated heterocycles. The fraction of sp³-hybridized carbons (Fsp3) is 0.375. The van der Waals surface area contributed by atoms with Gasteiger partial charge in [0, 0.05) is 17.6 Å². The fourth-order valence-electron chi connectivity index (χ4n) is 3.11. The number of rotatable bonds is 2. The third-order valence-electron chi connectivity index (χ3n) is 4.13. The van der Waals surface area contributed by atoms with Crippen molar-refractivity contribution in [3.05, 3.63) is 46.2 Å². The van der Waals surface area contributed by atoms with E-state index in [2.05, 4.69) is 0 Å². The number of carboxylic acids is 1. The van der Waals surface area contributed by atoms with Gasteiger partial charge in [0.25, 0.3) is 0 Å². The van der Waals surface area contributed by atoms with E-state index in [-0.39, 0.29) is 11.6 Å². The Hall–Kier alpha value is -2.10. The predicted molar refractivity (Wildman–Crippen MR) is 74.7 cm³/mol. The molecule has 4 heteroatoms. The smallest absolute Gasteiger partial charge is 0.198 e. The minimum atomic E-state index is -1.40. The fourth-order valence-corrected chi connectivity index (χ4v) is 3.11. The first-order chi connectivity index (χ1) is 9.68. The van der Waals surface area contributed by atoms with E-state index in [4.69, 9.17) is 0 Å². The van der Waals surface area contributed by atoms with Crippen LogP contribution in [0.25, 0.3) is 10.9 Å². The second kappa shape index (κ2) is 5.12. The van der Waals surface area contributed by atoms with Crippen LogP contribution in [0.5, 0.6) is 0 Å². The lowest BCUT2D eigenvalue weighted by atomic mass is 9.94. The zero-order chi connectivity index (χ0) is 14.1. The summed E-state index contributed by atoms with van der Waals surface area (Å²) in [7, 11) is 0. The Morgan fingerprint density at radius 3 is 2.55 bits per heavy atom. The number of nitrogens with zero attached hydrogens (tertiary/aromatic N) is 1. The van der Waals surface area contributed by atoms with Gasteiger partial charge in [-0.2, -0.15) is 0 Å². The zero-order valence-corrected chi connectivity index (χ0v) is 11.2. The molecule has 1 aromatic carbocycles. The Morgan fingerprint density at radius 2 is 1.85 bits per heavy atom. The third kappa shape index (κ3) is 2.11. The van der Waals surface area contributed by atoms with Crippen LogP contribution in [0, 0.1) is 0 Å². The molecule has 1 saturated carbocycles. The highest BCUT2D eigenvalue weighted by Gasteiger charge is 2.18. The van der Waals surface area contributed by atoms with Gasteiger partial charge in [-0.25, -0.2) is 0 Å². The van der Waals surface area contributed by atoms with Crippen LogP contribution < -0.4 is 10.5 Å². The van der Waals surface area contributed by atoms with Gasteiger partial charge < -0.3 is 14.5 Å². The predicted octanol–water partition coefficient (Wildman–Crippen LogP) is 1.87. The Balaban J connectivity index is 2.26. The van der Waals surface area contributed by atoms with Crippen molar-refractivity contribution in [2.75, 3.05) is 0 Å². The third-order valence-corrected chi connectivity index (χ3v) is 4.13. The van der Waals surface area contributed by atoms with Crippen molar-refractivity contribution >= 4 is 16.9 Å². The Labute approximate surface area is 116 Å². The maximum atomic E-state index is 12.2. The van der Waals surface area contributed by atoms with Crippen molar-refractivity contribution < 1.29 is 9.90 Å². The number of aromatic nitrogens is 1. The van der Waals surface area contributed by atoms with E-state index in [9.17, 15) is 14.7 Å². The minimum absolute atomic E-state index is 0.241. The van der Waals surface area contributed by atoms with Crippen molar-refractivity contribution in [2.24, 2.45) is 0 Å². The lowest BCUT2D eigenvalue weighted by Crippen LogP contribution is -2.31. The van der Waals surface area contributed by atoms with Gasteiger partial charge in [0.15, 0.2) is 5.43 Å². The number of carboxylic acid groups (broad SMARTS) is 1. The van der Waals surface area contributed by atoms with Crippen molar-refractivity contribution in [1.29, 1.82) is 0 Å². The van der Waals surface area contributed by atoms with E-state index in [0.717, 1.165) is 31.2 Å². The van der Waals surface area contributed by atoms with Crippen LogP contribution in [0.2, 0.25) is 0 Å². The van der Waals surface area contributed by atoms with E-state index in [0.29, 0.717) is 5.39 Å². The molecule has 1 heterocycles. The molecule has 2 aromatic rings. The zero-order valence-electron chi connectivity index (χ0n) is 11.2. The summed E-state index contributed by atoms with van der Waals surface area (Å²) in [6.45, 7) is 0. The summed E-state index contributed by atoms with van der Waals surface area (Å²) in [5.41, 5.74) is 0.122. The highest BCUT2D eigenvalue weighted by molar-refractivity contribution is 5.91. The number of carbonyl (C=O) groups is 1. The molecule has 0 N–H and O–H groups in total. The van der Waals surface area contributed by atoms with Gasteiger partial charge in [0.1, 0.15) is 0 Å². The second-order valence-electron chi connectivity index (χ2n) is 5.38. The summed E-state index contributed by atoms with van der Waals surface area (Å²) in [6, 6.07) is 7.47. The highest BCUT2D eigenvalue weighted by atomic mass is 16.4. The van der Waals surface area contributed by atoms with E-state index in [1.807, 2.05) is 16.7 Å². The van der Waals surface area contributed by atoms with Crippen LogP contribution in [-0.4, -0.2) is 10.5 Å². The van der Waals surface area contributed by atoms with Gasteiger partial charge in [-0.15, -0.1) is 0 Å². The van der Waals surface area contributed by atoms with Crippen molar-refractivity contribution in [3.63, 3.8) is 0 Å². The normalized spacial score (nSPS) is 16.4. The molecule has 1 aromatic heterocycles. The first kappa shape index (κ1) is 12.9. The molecule has 0 unspecified atom stereocenters. The molecule has 0 bridgehead atoms. The standard InChI is InChI=1S/C16H17NO3/c18-15-12-8-4-5-9-14(12)17(10-13(15)16(19)20)11-6-2-1-3-7-11/h4-5,8-11H,1-3,6-7H2,(H,19,20)/p-1. The monoisotopic (exact) mass is 270 g/mol. The number of pyridine rings is 1. The van der Waals surface area contributed by atoms with Gasteiger partial charge in [-0.3, -0.25) is 4.79 Å². The van der Waals surface area contributed by atoms with Crippen LogP contribution in [0.3, 0.4) is 0 Å². The van der Waals surface area contributed by atoms with Crippen molar-refractivity contribution in [2.45, 2.75) is 38.1 Å². The van der Waals surface area contributed by atoms with Crippen molar-refractivity contribution in [1.82, 2.24) is 4.57 Å². The van der Waals surface area contributed by atoms with Crippen LogP contribution in [0.1, 0.15) is 48.5 Å². The van der Waals surface area contributed by atoms with Gasteiger partial charge in [0.05, 0.1) is 17.0 Å². The topological polar surface area (TPSA) is 62.1 Å². The number of hydrogen-bond acceptors (Lipinski definition) is 3. The molecule has 0 spiro atoms. The molecule has 4 nitrogen and oxygen atoms in total. The van der Waals surface area contributed by atoms with E-state index in [1.165, 1.54) is 12.6 Å². The van der Waals surface area contributed by atoms with Gasteiger partial charge in [-0.05, 0) is 25.0 Å². The quantitative estimate of drug-likeness (QED) is 0.837. The van der Waals surface area contributed by atoms with Gasteiger partial charge in [0.2, 0.25) is 0 Å². The largest absolute Gasteiger partial charge is 0.545 e. The number of aromatic carboxylic acids is 1. The summed E-state index contributed by atoms with van der Waals surface area (Å²) in [4.78, 5) is 23.3. The average Bonchev–Trinajstić information content (AvgIpc) is 2.48. The van der Waals surface area contributed by atoms with E-state index in [1.54, 1.807) is 12.1 Å². The lowest BCUT2D eigenvalue weighted by Gasteiger charge is -2.27. The summed E-state index contributed by atoms with van der Waals surface area (Å²) >= 11 is 0. The molecule has 0 aliphatic heterocycles. The summed E-state index contributed by atoms with van der Waals surface area (Å²) < 4.78 is 1.96. The average molecular weight is 270 g/mol. The van der Waals surface area contributed by atoms with Gasteiger partial charge >= 0.3 is 0 Å². The Kier molecular flexibility index (Phi) is 3.30. The van der Waals surface area contributed by atoms with E-state index < -0.39 is 11.4 Å². The molecule has 0 radical (unpaired) electrons. The van der Waals surface area contributed by atoms with Crippen LogP contribution >= 0.6 is 0 Å². The van der Waals surface area contributed by atoms with Crippen LogP contribution in [-0.2, 0) is 0 Å². The number of fused-ring (bicyclic) bond motifs is 1. The highest BCUT2D eigenvalue weighted by Crippen LogP contribution is 2.30. The molecule has 1 fully saturated rings. The molecular formula is C16H16NO3-. The Morgan fingerprint density at radius 1 is 1.15 bits per heavy atom. The first-order valence-corrected chi connectivity index (χ1v) is 7.03. The molecule has 1 aliphatic carbocycles. The number of para-hydroxylation sites is 1. The maximum absolute atomic E-state index is 12.2. The summed E-state index contributed by atoms with van der Waals surface area (Å²) in [5, 5.41) is 11.6. The Bertz CT molecular complexity index is 711. The SMILES string of the molecule is O=C([O-])c1cn(C2CCCCC2)c2ccccc2c1=O. The second-order valence-corrected chi connectivity index (χ2v) is 5.38. The molecule has 3 rings (SSSR count).